The molecule has 6 heteroatoms. The van der Waals surface area contributed by atoms with Crippen LogP contribution in [0.4, 0.5) is 10.3 Å². The zero-order chi connectivity index (χ0) is 18.4. The van der Waals surface area contributed by atoms with Gasteiger partial charge in [-0.1, -0.05) is 47.8 Å². The van der Waals surface area contributed by atoms with Gasteiger partial charge in [-0.25, -0.2) is 9.97 Å². The largest absolute Gasteiger partial charge is 0.345 e. The van der Waals surface area contributed by atoms with Crippen molar-refractivity contribution in [2.75, 3.05) is 36.0 Å². The smallest absolute Gasteiger partial charge is 0.186 e. The van der Waals surface area contributed by atoms with Gasteiger partial charge in [0.15, 0.2) is 10.3 Å². The lowest BCUT2D eigenvalue weighted by molar-refractivity contribution is 0.651. The summed E-state index contributed by atoms with van der Waals surface area (Å²) in [6.07, 6.45) is 1.03. The fourth-order valence-electron chi connectivity index (χ4n) is 3.66. The van der Waals surface area contributed by atoms with Gasteiger partial charge in [0, 0.05) is 26.2 Å². The molecule has 0 aliphatic carbocycles. The molecule has 0 unspecified atom stereocenters. The number of hydrogen-bond acceptors (Lipinski definition) is 6. The highest BCUT2D eigenvalue weighted by Crippen LogP contribution is 2.33. The molecule has 5 rings (SSSR count). The average molecular weight is 395 g/mol. The highest BCUT2D eigenvalue weighted by molar-refractivity contribution is 7.22. The van der Waals surface area contributed by atoms with Crippen LogP contribution in [0.5, 0.6) is 0 Å². The highest BCUT2D eigenvalue weighted by Gasteiger charge is 2.22. The van der Waals surface area contributed by atoms with Crippen LogP contribution in [0.3, 0.4) is 0 Å². The molecule has 2 aromatic heterocycles. The minimum absolute atomic E-state index is 0.995. The Morgan fingerprint density at radius 1 is 0.889 bits per heavy atom. The van der Waals surface area contributed by atoms with Crippen LogP contribution in [0, 0.1) is 6.92 Å². The summed E-state index contributed by atoms with van der Waals surface area (Å²) < 4.78 is 2.58. The lowest BCUT2D eigenvalue weighted by Gasteiger charge is -2.34. The van der Waals surface area contributed by atoms with Crippen LogP contribution in [-0.2, 0) is 6.42 Å². The molecule has 1 aliphatic rings. The maximum atomic E-state index is 4.96. The lowest BCUT2D eigenvalue weighted by Crippen LogP contribution is -2.46. The van der Waals surface area contributed by atoms with Crippen LogP contribution < -0.4 is 9.80 Å². The molecule has 1 fully saturated rings. The van der Waals surface area contributed by atoms with Gasteiger partial charge in [-0.3, -0.25) is 0 Å². The van der Waals surface area contributed by atoms with Crippen LogP contribution >= 0.6 is 22.7 Å². The Labute approximate surface area is 167 Å². The van der Waals surface area contributed by atoms with Crippen LogP contribution in [0.15, 0.2) is 36.4 Å². The van der Waals surface area contributed by atoms with E-state index in [1.807, 2.05) is 22.7 Å². The van der Waals surface area contributed by atoms with Gasteiger partial charge in [0.1, 0.15) is 0 Å². The van der Waals surface area contributed by atoms with Crippen molar-refractivity contribution < 1.29 is 0 Å². The van der Waals surface area contributed by atoms with Crippen LogP contribution in [0.1, 0.15) is 18.1 Å². The molecule has 4 nitrogen and oxygen atoms in total. The Hall–Kier alpha value is -2.18. The summed E-state index contributed by atoms with van der Waals surface area (Å²) in [6.45, 7) is 8.32. The number of thiazole rings is 2. The number of benzene rings is 2. The van der Waals surface area contributed by atoms with Crippen molar-refractivity contribution in [3.05, 3.63) is 47.5 Å². The summed E-state index contributed by atoms with van der Waals surface area (Å²) in [5.74, 6) is 0. The third-order valence-electron chi connectivity index (χ3n) is 5.23. The second-order valence-electron chi connectivity index (χ2n) is 7.06. The molecule has 0 radical (unpaired) electrons. The zero-order valence-electron chi connectivity index (χ0n) is 15.6. The van der Waals surface area contributed by atoms with Gasteiger partial charge in [0.05, 0.1) is 20.4 Å². The van der Waals surface area contributed by atoms with Crippen molar-refractivity contribution in [3.63, 3.8) is 0 Å². The van der Waals surface area contributed by atoms with Crippen molar-refractivity contribution >= 4 is 53.4 Å². The molecule has 0 spiro atoms. The predicted molar refractivity (Wildman–Crippen MR) is 118 cm³/mol. The van der Waals surface area contributed by atoms with E-state index in [1.165, 1.54) is 26.0 Å². The summed E-state index contributed by atoms with van der Waals surface area (Å²) in [7, 11) is 0. The molecular weight excluding hydrogens is 372 g/mol. The Morgan fingerprint density at radius 3 is 2.33 bits per heavy atom. The van der Waals surface area contributed by atoms with Gasteiger partial charge in [-0.15, -0.1) is 0 Å². The Kier molecular flexibility index (Phi) is 4.25. The first-order valence-corrected chi connectivity index (χ1v) is 11.1. The monoisotopic (exact) mass is 394 g/mol. The van der Waals surface area contributed by atoms with Gasteiger partial charge in [0.25, 0.3) is 0 Å². The molecule has 0 amide bonds. The van der Waals surface area contributed by atoms with E-state index in [0.29, 0.717) is 0 Å². The van der Waals surface area contributed by atoms with Crippen molar-refractivity contribution in [3.8, 4) is 0 Å². The molecule has 1 aliphatic heterocycles. The lowest BCUT2D eigenvalue weighted by atomic mass is 10.1. The average Bonchev–Trinajstić information content (AvgIpc) is 3.31. The molecule has 0 saturated carbocycles. The Balaban J connectivity index is 1.35. The summed E-state index contributed by atoms with van der Waals surface area (Å²) in [5, 5.41) is 2.30. The normalized spacial score (nSPS) is 15.2. The third kappa shape index (κ3) is 3.07. The first-order valence-electron chi connectivity index (χ1n) is 9.47. The molecule has 4 aromatic rings. The number of hydrogen-bond donors (Lipinski definition) is 0. The second-order valence-corrected chi connectivity index (χ2v) is 9.07. The van der Waals surface area contributed by atoms with Crippen molar-refractivity contribution in [1.29, 1.82) is 0 Å². The number of piperazine rings is 1. The molecule has 0 bridgehead atoms. The summed E-state index contributed by atoms with van der Waals surface area (Å²) in [5.41, 5.74) is 4.94. The van der Waals surface area contributed by atoms with E-state index in [-0.39, 0.29) is 0 Å². The molecule has 0 atom stereocenters. The Bertz CT molecular complexity index is 1110. The molecule has 3 heterocycles. The van der Waals surface area contributed by atoms with E-state index in [1.54, 1.807) is 0 Å². The van der Waals surface area contributed by atoms with Gasteiger partial charge in [-0.05, 0) is 42.7 Å². The van der Waals surface area contributed by atoms with E-state index in [0.717, 1.165) is 48.4 Å². The van der Waals surface area contributed by atoms with Gasteiger partial charge >= 0.3 is 0 Å². The molecule has 138 valence electrons. The molecule has 2 aromatic carbocycles. The number of anilines is 2. The number of rotatable bonds is 3. The minimum atomic E-state index is 0.995. The van der Waals surface area contributed by atoms with E-state index < -0.39 is 0 Å². The number of nitrogens with zero attached hydrogens (tertiary/aromatic N) is 4. The molecule has 0 N–H and O–H groups in total. The van der Waals surface area contributed by atoms with Crippen molar-refractivity contribution in [2.45, 2.75) is 20.3 Å². The summed E-state index contributed by atoms with van der Waals surface area (Å²) >= 11 is 3.63. The first kappa shape index (κ1) is 17.0. The van der Waals surface area contributed by atoms with Gasteiger partial charge < -0.3 is 9.80 Å². The van der Waals surface area contributed by atoms with Crippen molar-refractivity contribution in [1.82, 2.24) is 9.97 Å². The fraction of sp³-hybridized carbons (Fsp3) is 0.333. The van der Waals surface area contributed by atoms with E-state index >= 15 is 0 Å². The standard InChI is InChI=1S/C21H22N4S2/c1-3-15-5-4-6-17-19(15)23-21(26-17)25-11-9-24(10-12-25)20-22-16-8-7-14(2)13-18(16)27-20/h4-8,13H,3,9-12H2,1-2H3. The van der Waals surface area contributed by atoms with E-state index in [9.17, 15) is 0 Å². The number of aromatic nitrogens is 2. The predicted octanol–water partition coefficient (Wildman–Crippen LogP) is 5.10. The topological polar surface area (TPSA) is 32.3 Å². The number of aryl methyl sites for hydroxylation is 2. The highest BCUT2D eigenvalue weighted by atomic mass is 32.1. The van der Waals surface area contributed by atoms with Gasteiger partial charge in [-0.2, -0.15) is 0 Å². The van der Waals surface area contributed by atoms with E-state index in [2.05, 4.69) is 60.0 Å². The fourth-order valence-corrected chi connectivity index (χ4v) is 5.84. The number of fused-ring (bicyclic) bond motifs is 2. The summed E-state index contributed by atoms with van der Waals surface area (Å²) in [4.78, 5) is 14.7. The number of para-hydroxylation sites is 1. The molecule has 1 saturated heterocycles. The third-order valence-corrected chi connectivity index (χ3v) is 7.39. The maximum Gasteiger partial charge on any atom is 0.186 e. The first-order chi connectivity index (χ1) is 13.2. The van der Waals surface area contributed by atoms with E-state index in [4.69, 9.17) is 9.97 Å². The maximum absolute atomic E-state index is 4.96. The second kappa shape index (κ2) is 6.77. The quantitative estimate of drug-likeness (QED) is 0.484. The van der Waals surface area contributed by atoms with Crippen LogP contribution in [0.25, 0.3) is 20.4 Å². The molecular formula is C21H22N4S2. The van der Waals surface area contributed by atoms with Gasteiger partial charge in [0.2, 0.25) is 0 Å². The van der Waals surface area contributed by atoms with Crippen LogP contribution in [0.2, 0.25) is 0 Å². The van der Waals surface area contributed by atoms with Crippen molar-refractivity contribution in [2.24, 2.45) is 0 Å². The zero-order valence-corrected chi connectivity index (χ0v) is 17.2. The molecule has 27 heavy (non-hydrogen) atoms. The SMILES string of the molecule is CCc1cccc2sc(N3CCN(c4nc5ccc(C)cc5s4)CC3)nc12. The van der Waals surface area contributed by atoms with Crippen LogP contribution in [-0.4, -0.2) is 36.1 Å². The summed E-state index contributed by atoms with van der Waals surface area (Å²) in [6, 6.07) is 13.0. The Morgan fingerprint density at radius 2 is 1.59 bits per heavy atom. The minimum Gasteiger partial charge on any atom is -0.345 e.